The van der Waals surface area contributed by atoms with Gasteiger partial charge in [0, 0.05) is 17.5 Å². The van der Waals surface area contributed by atoms with Crippen molar-refractivity contribution in [3.8, 4) is 11.3 Å². The fourth-order valence-electron chi connectivity index (χ4n) is 2.38. The maximum Gasteiger partial charge on any atom is 0.162 e. The van der Waals surface area contributed by atoms with Gasteiger partial charge in [0.05, 0.1) is 16.4 Å². The molecule has 0 unspecified atom stereocenters. The minimum atomic E-state index is 0.521. The van der Waals surface area contributed by atoms with E-state index < -0.39 is 0 Å². The lowest BCUT2D eigenvalue weighted by Gasteiger charge is -2.04. The van der Waals surface area contributed by atoms with Crippen LogP contribution in [0.5, 0.6) is 0 Å². The largest absolute Gasteiger partial charge is 0.394 e. The van der Waals surface area contributed by atoms with Gasteiger partial charge in [-0.25, -0.2) is 4.98 Å². The molecule has 20 heavy (non-hydrogen) atoms. The highest BCUT2D eigenvalue weighted by atomic mass is 35.5. The van der Waals surface area contributed by atoms with Crippen LogP contribution in [-0.2, 0) is 0 Å². The predicted molar refractivity (Wildman–Crippen MR) is 84.3 cm³/mol. The van der Waals surface area contributed by atoms with Crippen LogP contribution in [0.1, 0.15) is 16.8 Å². The van der Waals surface area contributed by atoms with Gasteiger partial charge >= 0.3 is 0 Å². The van der Waals surface area contributed by atoms with Gasteiger partial charge in [-0.1, -0.05) is 23.7 Å². The molecule has 102 valence electrons. The number of hydrogen-bond donors (Lipinski definition) is 1. The van der Waals surface area contributed by atoms with Crippen molar-refractivity contribution in [3.63, 3.8) is 0 Å². The number of nitrogens with two attached hydrogens (primary N) is 1. The Hall–Kier alpha value is -2.00. The van der Waals surface area contributed by atoms with Gasteiger partial charge in [0.1, 0.15) is 0 Å². The van der Waals surface area contributed by atoms with Gasteiger partial charge in [-0.05, 0) is 44.0 Å². The molecule has 0 spiro atoms. The van der Waals surface area contributed by atoms with Crippen LogP contribution in [0, 0.1) is 20.8 Å². The molecule has 0 saturated heterocycles. The highest BCUT2D eigenvalue weighted by Crippen LogP contribution is 2.30. The van der Waals surface area contributed by atoms with E-state index >= 15 is 0 Å². The van der Waals surface area contributed by atoms with E-state index in [1.165, 1.54) is 11.1 Å². The molecule has 0 aliphatic rings. The smallest absolute Gasteiger partial charge is 0.162 e. The normalized spacial score (nSPS) is 11.2. The summed E-state index contributed by atoms with van der Waals surface area (Å²) in [6.45, 7) is 6.25. The van der Waals surface area contributed by atoms with Crippen LogP contribution in [0.4, 0.5) is 5.69 Å². The molecule has 0 saturated carbocycles. The molecule has 4 heteroatoms. The summed E-state index contributed by atoms with van der Waals surface area (Å²) in [7, 11) is 0. The van der Waals surface area contributed by atoms with Crippen molar-refractivity contribution in [2.24, 2.45) is 0 Å². The number of hydrogen-bond acceptors (Lipinski definition) is 2. The van der Waals surface area contributed by atoms with E-state index in [9.17, 15) is 0 Å². The van der Waals surface area contributed by atoms with E-state index in [-0.39, 0.29) is 0 Å². The molecule has 0 atom stereocenters. The third-order valence-corrected chi connectivity index (χ3v) is 4.13. The summed E-state index contributed by atoms with van der Waals surface area (Å²) in [5.74, 6) is 0. The Kier molecular flexibility index (Phi) is 2.94. The van der Waals surface area contributed by atoms with Gasteiger partial charge in [0.2, 0.25) is 0 Å². The van der Waals surface area contributed by atoms with Crippen LogP contribution < -0.4 is 5.73 Å². The first kappa shape index (κ1) is 13.0. The highest BCUT2D eigenvalue weighted by Gasteiger charge is 2.14. The van der Waals surface area contributed by atoms with E-state index in [2.05, 4.69) is 37.0 Å². The first-order valence-corrected chi connectivity index (χ1v) is 6.87. The third kappa shape index (κ3) is 1.86. The van der Waals surface area contributed by atoms with Crippen LogP contribution in [0.2, 0.25) is 5.02 Å². The lowest BCUT2D eigenvalue weighted by Crippen LogP contribution is -1.94. The number of halogens is 1. The van der Waals surface area contributed by atoms with E-state index in [1.807, 2.05) is 17.5 Å². The molecule has 2 N–H and O–H groups in total. The Morgan fingerprint density at radius 2 is 1.85 bits per heavy atom. The van der Waals surface area contributed by atoms with Crippen molar-refractivity contribution in [3.05, 3.63) is 52.3 Å². The zero-order chi connectivity index (χ0) is 14.4. The van der Waals surface area contributed by atoms with E-state index in [0.717, 1.165) is 17.0 Å². The van der Waals surface area contributed by atoms with E-state index in [1.54, 1.807) is 6.07 Å². The molecule has 0 bridgehead atoms. The summed E-state index contributed by atoms with van der Waals surface area (Å²) in [5, 5.41) is 0.536. The van der Waals surface area contributed by atoms with Crippen molar-refractivity contribution >= 4 is 22.9 Å². The number of aryl methyl sites for hydroxylation is 3. The number of imidazole rings is 1. The summed E-state index contributed by atoms with van der Waals surface area (Å²) < 4.78 is 1.98. The van der Waals surface area contributed by atoms with Crippen LogP contribution in [0.25, 0.3) is 16.9 Å². The van der Waals surface area contributed by atoms with Crippen LogP contribution in [0.15, 0.2) is 30.5 Å². The maximum absolute atomic E-state index is 6.06. The Morgan fingerprint density at radius 1 is 1.10 bits per heavy atom. The van der Waals surface area contributed by atoms with Crippen molar-refractivity contribution in [2.45, 2.75) is 20.8 Å². The molecule has 3 nitrogen and oxygen atoms in total. The number of aromatic nitrogens is 2. The van der Waals surface area contributed by atoms with Crippen molar-refractivity contribution in [1.29, 1.82) is 0 Å². The lowest BCUT2D eigenvalue weighted by atomic mass is 10.0. The molecule has 2 aromatic heterocycles. The highest BCUT2D eigenvalue weighted by molar-refractivity contribution is 6.33. The number of nitrogen functional groups attached to an aromatic ring is 1. The Bertz CT molecular complexity index is 818. The Labute approximate surface area is 123 Å². The fraction of sp³-hybridized carbons (Fsp3) is 0.188. The second-order valence-electron chi connectivity index (χ2n) is 5.12. The minimum absolute atomic E-state index is 0.521. The molecular weight excluding hydrogens is 270 g/mol. The van der Waals surface area contributed by atoms with Gasteiger partial charge < -0.3 is 10.1 Å². The zero-order valence-corrected chi connectivity index (χ0v) is 12.5. The SMILES string of the molecule is Cc1ccc(-c2nc3c(N)c(Cl)ccn3c2C)cc1C. The molecule has 3 aromatic rings. The van der Waals surface area contributed by atoms with Crippen LogP contribution >= 0.6 is 11.6 Å². The molecular formula is C16H16ClN3. The van der Waals surface area contributed by atoms with Gasteiger partial charge in [0.25, 0.3) is 0 Å². The molecule has 0 amide bonds. The summed E-state index contributed by atoms with van der Waals surface area (Å²) in [4.78, 5) is 4.67. The maximum atomic E-state index is 6.06. The van der Waals surface area contributed by atoms with Crippen molar-refractivity contribution in [1.82, 2.24) is 9.38 Å². The number of nitrogens with zero attached hydrogens (tertiary/aromatic N) is 2. The monoisotopic (exact) mass is 285 g/mol. The lowest BCUT2D eigenvalue weighted by molar-refractivity contribution is 1.11. The number of rotatable bonds is 1. The third-order valence-electron chi connectivity index (χ3n) is 3.80. The molecule has 2 heterocycles. The predicted octanol–water partition coefficient (Wildman–Crippen LogP) is 4.16. The van der Waals surface area contributed by atoms with E-state index in [4.69, 9.17) is 17.3 Å². The molecule has 3 rings (SSSR count). The standard InChI is InChI=1S/C16H16ClN3/c1-9-4-5-12(8-10(9)2)15-11(3)20-7-6-13(17)14(18)16(20)19-15/h4-8H,18H2,1-3H3. The molecule has 1 aromatic carbocycles. The number of pyridine rings is 1. The second-order valence-corrected chi connectivity index (χ2v) is 5.52. The van der Waals surface area contributed by atoms with Gasteiger partial charge in [0.15, 0.2) is 5.65 Å². The molecule has 0 fully saturated rings. The summed E-state index contributed by atoms with van der Waals surface area (Å²) in [6, 6.07) is 8.16. The average Bonchev–Trinajstić information content (AvgIpc) is 2.75. The average molecular weight is 286 g/mol. The fourth-order valence-corrected chi connectivity index (χ4v) is 2.53. The molecule has 0 aliphatic heterocycles. The zero-order valence-electron chi connectivity index (χ0n) is 11.7. The summed E-state index contributed by atoms with van der Waals surface area (Å²) in [5.41, 5.74) is 12.9. The van der Waals surface area contributed by atoms with Gasteiger partial charge in [-0.3, -0.25) is 0 Å². The first-order valence-electron chi connectivity index (χ1n) is 6.49. The molecule has 0 radical (unpaired) electrons. The second kappa shape index (κ2) is 4.53. The van der Waals surface area contributed by atoms with Crippen molar-refractivity contribution in [2.75, 3.05) is 5.73 Å². The van der Waals surface area contributed by atoms with Gasteiger partial charge in [-0.15, -0.1) is 0 Å². The Balaban J connectivity index is 2.29. The van der Waals surface area contributed by atoms with Gasteiger partial charge in [-0.2, -0.15) is 0 Å². The summed E-state index contributed by atoms with van der Waals surface area (Å²) >= 11 is 6.06. The quantitative estimate of drug-likeness (QED) is 0.729. The number of benzene rings is 1. The number of anilines is 1. The minimum Gasteiger partial charge on any atom is -0.394 e. The Morgan fingerprint density at radius 3 is 2.55 bits per heavy atom. The van der Waals surface area contributed by atoms with Crippen LogP contribution in [-0.4, -0.2) is 9.38 Å². The van der Waals surface area contributed by atoms with Crippen molar-refractivity contribution < 1.29 is 0 Å². The summed E-state index contributed by atoms with van der Waals surface area (Å²) in [6.07, 6.45) is 1.90. The topological polar surface area (TPSA) is 43.3 Å². The van der Waals surface area contributed by atoms with Crippen LogP contribution in [0.3, 0.4) is 0 Å². The molecule has 0 aliphatic carbocycles. The number of fused-ring (bicyclic) bond motifs is 1. The van der Waals surface area contributed by atoms with E-state index in [0.29, 0.717) is 16.4 Å². The first-order chi connectivity index (χ1) is 9.49.